The summed E-state index contributed by atoms with van der Waals surface area (Å²) in [5.74, 6) is 0. The molecule has 2 N–H and O–H groups in total. The number of rotatable bonds is 3. The summed E-state index contributed by atoms with van der Waals surface area (Å²) in [6.45, 7) is 7.04. The van der Waals surface area contributed by atoms with Gasteiger partial charge in [0.15, 0.2) is 0 Å². The van der Waals surface area contributed by atoms with E-state index in [1.165, 1.54) is 27.9 Å². The van der Waals surface area contributed by atoms with E-state index in [-0.39, 0.29) is 0 Å². The van der Waals surface area contributed by atoms with Crippen LogP contribution in [0, 0.1) is 20.8 Å². The second kappa shape index (κ2) is 4.94. The van der Waals surface area contributed by atoms with E-state index in [9.17, 15) is 0 Å². The van der Waals surface area contributed by atoms with Crippen molar-refractivity contribution in [3.63, 3.8) is 0 Å². The van der Waals surface area contributed by atoms with Crippen LogP contribution in [0.4, 0.5) is 0 Å². The maximum atomic E-state index is 5.65. The molecule has 1 aromatic heterocycles. The number of hydrogen-bond acceptors (Lipinski definition) is 2. The lowest BCUT2D eigenvalue weighted by Gasteiger charge is -2.05. The zero-order valence-corrected chi connectivity index (χ0v) is 11.6. The third kappa shape index (κ3) is 2.18. The number of hydrogen-bond donors (Lipinski definition) is 1. The van der Waals surface area contributed by atoms with Crippen molar-refractivity contribution in [2.45, 2.75) is 27.2 Å². The Bertz CT molecular complexity index is 567. The van der Waals surface area contributed by atoms with Crippen molar-refractivity contribution in [3.05, 3.63) is 40.6 Å². The highest BCUT2D eigenvalue weighted by molar-refractivity contribution is 5.67. The first-order valence-electron chi connectivity index (χ1n) is 6.34. The van der Waals surface area contributed by atoms with E-state index in [2.05, 4.69) is 44.1 Å². The SMILES string of the molecule is Cc1ccc(-c2nn(C)c(CCN)c2C)c(C)c1. The van der Waals surface area contributed by atoms with Crippen LogP contribution in [0.1, 0.15) is 22.4 Å². The van der Waals surface area contributed by atoms with Crippen LogP contribution < -0.4 is 5.73 Å². The summed E-state index contributed by atoms with van der Waals surface area (Å²) in [6.07, 6.45) is 0.875. The van der Waals surface area contributed by atoms with Gasteiger partial charge in [0, 0.05) is 24.7 Å². The van der Waals surface area contributed by atoms with Crippen LogP contribution in [-0.2, 0) is 13.5 Å². The zero-order valence-electron chi connectivity index (χ0n) is 11.6. The van der Waals surface area contributed by atoms with Gasteiger partial charge in [0.25, 0.3) is 0 Å². The van der Waals surface area contributed by atoms with Gasteiger partial charge in [-0.2, -0.15) is 5.10 Å². The van der Waals surface area contributed by atoms with Crippen LogP contribution in [0.2, 0.25) is 0 Å². The van der Waals surface area contributed by atoms with Gasteiger partial charge in [-0.05, 0) is 38.4 Å². The normalized spacial score (nSPS) is 10.9. The maximum Gasteiger partial charge on any atom is 0.0957 e. The Hall–Kier alpha value is -1.61. The Labute approximate surface area is 109 Å². The average molecular weight is 243 g/mol. The highest BCUT2D eigenvalue weighted by Gasteiger charge is 2.14. The predicted molar refractivity (Wildman–Crippen MR) is 75.6 cm³/mol. The van der Waals surface area contributed by atoms with Crippen LogP contribution in [0.3, 0.4) is 0 Å². The number of nitrogens with two attached hydrogens (primary N) is 1. The summed E-state index contributed by atoms with van der Waals surface area (Å²) in [6, 6.07) is 6.50. The maximum absolute atomic E-state index is 5.65. The molecule has 0 bridgehead atoms. The second-order valence-corrected chi connectivity index (χ2v) is 4.90. The number of nitrogens with zero attached hydrogens (tertiary/aromatic N) is 2. The summed E-state index contributed by atoms with van der Waals surface area (Å²) in [4.78, 5) is 0. The molecule has 0 fully saturated rings. The quantitative estimate of drug-likeness (QED) is 0.900. The molecule has 0 saturated carbocycles. The molecule has 0 radical (unpaired) electrons. The third-order valence-electron chi connectivity index (χ3n) is 3.45. The number of aromatic nitrogens is 2. The summed E-state index contributed by atoms with van der Waals surface area (Å²) < 4.78 is 1.96. The van der Waals surface area contributed by atoms with E-state index >= 15 is 0 Å². The topological polar surface area (TPSA) is 43.8 Å². The second-order valence-electron chi connectivity index (χ2n) is 4.90. The van der Waals surface area contributed by atoms with Gasteiger partial charge in [0.1, 0.15) is 0 Å². The molecule has 0 aliphatic carbocycles. The van der Waals surface area contributed by atoms with Gasteiger partial charge in [-0.25, -0.2) is 0 Å². The highest BCUT2D eigenvalue weighted by Crippen LogP contribution is 2.27. The molecular formula is C15H21N3. The lowest BCUT2D eigenvalue weighted by Crippen LogP contribution is -2.08. The number of aryl methyl sites for hydroxylation is 3. The lowest BCUT2D eigenvalue weighted by molar-refractivity contribution is 0.706. The average Bonchev–Trinajstić information content (AvgIpc) is 2.58. The monoisotopic (exact) mass is 243 g/mol. The molecule has 1 aromatic carbocycles. The minimum Gasteiger partial charge on any atom is -0.330 e. The standard InChI is InChI=1S/C15H21N3/c1-10-5-6-13(11(2)9-10)15-12(3)14(7-8-16)18(4)17-15/h5-6,9H,7-8,16H2,1-4H3. The van der Waals surface area contributed by atoms with Gasteiger partial charge in [0.05, 0.1) is 5.69 Å². The fraction of sp³-hybridized carbons (Fsp3) is 0.400. The van der Waals surface area contributed by atoms with Gasteiger partial charge in [-0.3, -0.25) is 4.68 Å². The van der Waals surface area contributed by atoms with Gasteiger partial charge < -0.3 is 5.73 Å². The van der Waals surface area contributed by atoms with Crippen LogP contribution in [0.5, 0.6) is 0 Å². The van der Waals surface area contributed by atoms with Crippen molar-refractivity contribution in [3.8, 4) is 11.3 Å². The minimum absolute atomic E-state index is 0.659. The van der Waals surface area contributed by atoms with E-state index in [0.717, 1.165) is 12.1 Å². The first kappa shape index (κ1) is 12.8. The van der Waals surface area contributed by atoms with Crippen molar-refractivity contribution < 1.29 is 0 Å². The molecule has 3 heteroatoms. The van der Waals surface area contributed by atoms with E-state index in [1.54, 1.807) is 0 Å². The molecule has 2 rings (SSSR count). The van der Waals surface area contributed by atoms with Crippen molar-refractivity contribution in [2.24, 2.45) is 12.8 Å². The molecule has 0 aliphatic rings. The molecule has 0 aliphatic heterocycles. The largest absolute Gasteiger partial charge is 0.330 e. The van der Waals surface area contributed by atoms with Crippen LogP contribution in [0.25, 0.3) is 11.3 Å². The predicted octanol–water partition coefficient (Wildman–Crippen LogP) is 2.51. The summed E-state index contributed by atoms with van der Waals surface area (Å²) in [5, 5.41) is 4.65. The lowest BCUT2D eigenvalue weighted by atomic mass is 10.00. The molecule has 3 nitrogen and oxygen atoms in total. The summed E-state index contributed by atoms with van der Waals surface area (Å²) in [7, 11) is 1.99. The van der Waals surface area contributed by atoms with Crippen LogP contribution in [0.15, 0.2) is 18.2 Å². The van der Waals surface area contributed by atoms with E-state index in [4.69, 9.17) is 5.73 Å². The van der Waals surface area contributed by atoms with Gasteiger partial charge in [0.2, 0.25) is 0 Å². The van der Waals surface area contributed by atoms with Gasteiger partial charge in [-0.1, -0.05) is 23.8 Å². The molecule has 0 saturated heterocycles. The van der Waals surface area contributed by atoms with Gasteiger partial charge in [-0.15, -0.1) is 0 Å². The molecule has 96 valence electrons. The van der Waals surface area contributed by atoms with Gasteiger partial charge >= 0.3 is 0 Å². The van der Waals surface area contributed by atoms with Crippen LogP contribution in [-0.4, -0.2) is 16.3 Å². The number of benzene rings is 1. The third-order valence-corrected chi connectivity index (χ3v) is 3.45. The zero-order chi connectivity index (χ0) is 13.3. The Morgan fingerprint density at radius 2 is 1.94 bits per heavy atom. The molecule has 0 atom stereocenters. The molecule has 18 heavy (non-hydrogen) atoms. The van der Waals surface area contributed by atoms with Crippen LogP contribution >= 0.6 is 0 Å². The van der Waals surface area contributed by atoms with E-state index in [1.807, 2.05) is 11.7 Å². The summed E-state index contributed by atoms with van der Waals surface area (Å²) in [5.41, 5.74) is 13.0. The molecule has 0 unspecified atom stereocenters. The fourth-order valence-electron chi connectivity index (χ4n) is 2.49. The first-order chi connectivity index (χ1) is 8.54. The van der Waals surface area contributed by atoms with E-state index < -0.39 is 0 Å². The Morgan fingerprint density at radius 3 is 2.56 bits per heavy atom. The Balaban J connectivity index is 2.54. The van der Waals surface area contributed by atoms with Crippen molar-refractivity contribution >= 4 is 0 Å². The van der Waals surface area contributed by atoms with Crippen molar-refractivity contribution in [1.29, 1.82) is 0 Å². The molecule has 0 amide bonds. The summed E-state index contributed by atoms with van der Waals surface area (Å²) >= 11 is 0. The first-order valence-corrected chi connectivity index (χ1v) is 6.34. The Kier molecular flexibility index (Phi) is 3.53. The van der Waals surface area contributed by atoms with Crippen molar-refractivity contribution in [2.75, 3.05) is 6.54 Å². The molecule has 1 heterocycles. The smallest absolute Gasteiger partial charge is 0.0957 e. The van der Waals surface area contributed by atoms with E-state index in [0.29, 0.717) is 6.54 Å². The van der Waals surface area contributed by atoms with Crippen molar-refractivity contribution in [1.82, 2.24) is 9.78 Å². The highest BCUT2D eigenvalue weighted by atomic mass is 15.3. The fourth-order valence-corrected chi connectivity index (χ4v) is 2.49. The molecule has 2 aromatic rings. The molecule has 0 spiro atoms. The Morgan fingerprint density at radius 1 is 1.22 bits per heavy atom. The minimum atomic E-state index is 0.659. The molecular weight excluding hydrogens is 222 g/mol.